The third-order valence-corrected chi connectivity index (χ3v) is 6.42. The van der Waals surface area contributed by atoms with Gasteiger partial charge in [-0.25, -0.2) is 0 Å². The second-order valence-electron chi connectivity index (χ2n) is 10.8. The van der Waals surface area contributed by atoms with Crippen molar-refractivity contribution in [3.63, 3.8) is 0 Å². The van der Waals surface area contributed by atoms with Crippen molar-refractivity contribution >= 4 is 34.1 Å². The number of anilines is 2. The summed E-state index contributed by atoms with van der Waals surface area (Å²) >= 11 is 1.40. The molecule has 2 amide bonds. The number of carbonyl (C=O) groups excluding carboxylic acids is 2. The largest absolute Gasteiger partial charge is 0.361 e. The van der Waals surface area contributed by atoms with Gasteiger partial charge in [-0.2, -0.15) is 5.10 Å². The molecule has 0 saturated heterocycles. The highest BCUT2D eigenvalue weighted by atomic mass is 32.1. The number of hydrogen-bond donors (Lipinski definition) is 3. The third kappa shape index (κ3) is 12.2. The van der Waals surface area contributed by atoms with E-state index in [1.54, 1.807) is 11.0 Å². The first-order chi connectivity index (χ1) is 19.1. The van der Waals surface area contributed by atoms with E-state index in [1.165, 1.54) is 11.3 Å². The summed E-state index contributed by atoms with van der Waals surface area (Å²) in [7, 11) is 3.67. The Balaban J connectivity index is 1.35. The van der Waals surface area contributed by atoms with Gasteiger partial charge in [0.2, 0.25) is 16.9 Å². The number of unbranched alkanes of at least 4 members (excludes halogenated alkanes) is 1. The van der Waals surface area contributed by atoms with Crippen molar-refractivity contribution in [3.8, 4) is 0 Å². The molecule has 0 saturated carbocycles. The van der Waals surface area contributed by atoms with E-state index < -0.39 is 0 Å². The number of hydrogen-bond acceptors (Lipinski definition) is 10. The highest BCUT2D eigenvalue weighted by Gasteiger charge is 2.11. The first-order valence-corrected chi connectivity index (χ1v) is 14.2. The molecule has 3 aromatic rings. The summed E-state index contributed by atoms with van der Waals surface area (Å²) in [6, 6.07) is 11.6. The number of likely N-dealkylation sites (N-methyl/N-ethyl adjacent to an activating group) is 1. The minimum Gasteiger partial charge on any atom is -0.361 e. The maximum absolute atomic E-state index is 12.6. The topological polar surface area (TPSA) is 134 Å². The molecular weight excluding hydrogens is 528 g/mol. The monoisotopic (exact) mass is 568 g/mol. The van der Waals surface area contributed by atoms with Gasteiger partial charge in [0, 0.05) is 13.0 Å². The molecule has 0 radical (unpaired) electrons. The van der Waals surface area contributed by atoms with Crippen LogP contribution >= 0.6 is 11.3 Å². The van der Waals surface area contributed by atoms with Crippen LogP contribution in [0, 0.1) is 0 Å². The molecule has 0 atom stereocenters. The lowest BCUT2D eigenvalue weighted by molar-refractivity contribution is -0.117. The molecular formula is C28H40N8O3S. The molecule has 3 rings (SSSR count). The molecule has 11 nitrogen and oxygen atoms in total. The Bertz CT molecular complexity index is 1220. The second-order valence-corrected chi connectivity index (χ2v) is 11.8. The summed E-state index contributed by atoms with van der Waals surface area (Å²) in [6.45, 7) is 7.48. The summed E-state index contributed by atoms with van der Waals surface area (Å²) in [6.07, 6.45) is 3.64. The maximum Gasteiger partial charge on any atom is 0.239 e. The van der Waals surface area contributed by atoms with E-state index in [0.29, 0.717) is 30.8 Å². The van der Waals surface area contributed by atoms with Crippen LogP contribution in [-0.2, 0) is 40.1 Å². The van der Waals surface area contributed by atoms with Crippen LogP contribution in [0.3, 0.4) is 0 Å². The standard InChI is InChI=1S/C28H40N8O3S/c1-28(2,3)39-19-29-17-21-10-8-9-20(15-21)16-24(37)31-27-35-34-26(40-27)12-7-6-11-22-13-14-23(33-32-22)30-25(38)18-36(4)5/h8-10,13-15,29H,6-7,11-12,16-19H2,1-5H3,(H,30,33,38)(H,31,35,37). The number of nitrogens with zero attached hydrogens (tertiary/aromatic N) is 5. The first kappa shape index (κ1) is 31.2. The minimum atomic E-state index is -0.187. The van der Waals surface area contributed by atoms with Gasteiger partial charge in [-0.05, 0) is 77.4 Å². The summed E-state index contributed by atoms with van der Waals surface area (Å²) in [4.78, 5) is 26.2. The maximum atomic E-state index is 12.6. The molecule has 0 aliphatic heterocycles. The van der Waals surface area contributed by atoms with Gasteiger partial charge in [0.15, 0.2) is 5.82 Å². The number of carbonyl (C=O) groups is 2. The van der Waals surface area contributed by atoms with Crippen LogP contribution < -0.4 is 16.0 Å². The van der Waals surface area contributed by atoms with Crippen molar-refractivity contribution in [2.75, 3.05) is 38.0 Å². The lowest BCUT2D eigenvalue weighted by atomic mass is 10.1. The van der Waals surface area contributed by atoms with Crippen molar-refractivity contribution in [2.45, 2.75) is 65.0 Å². The van der Waals surface area contributed by atoms with Gasteiger partial charge in [0.25, 0.3) is 0 Å². The van der Waals surface area contributed by atoms with E-state index in [4.69, 9.17) is 4.74 Å². The van der Waals surface area contributed by atoms with Crippen LogP contribution in [0.4, 0.5) is 10.9 Å². The zero-order valence-electron chi connectivity index (χ0n) is 24.0. The Hall–Kier alpha value is -3.32. The molecule has 40 heavy (non-hydrogen) atoms. The van der Waals surface area contributed by atoms with Crippen LogP contribution in [0.5, 0.6) is 0 Å². The van der Waals surface area contributed by atoms with Gasteiger partial charge < -0.3 is 20.3 Å². The van der Waals surface area contributed by atoms with Crippen LogP contribution in [-0.4, -0.2) is 70.1 Å². The number of amides is 2. The number of benzene rings is 1. The molecule has 0 aliphatic rings. The van der Waals surface area contributed by atoms with Crippen molar-refractivity contribution in [3.05, 3.63) is 58.2 Å². The van der Waals surface area contributed by atoms with Crippen LogP contribution in [0.1, 0.15) is 55.4 Å². The van der Waals surface area contributed by atoms with E-state index in [-0.39, 0.29) is 23.8 Å². The smallest absolute Gasteiger partial charge is 0.239 e. The third-order valence-electron chi connectivity index (χ3n) is 5.53. The number of nitrogens with one attached hydrogen (secondary N) is 3. The van der Waals surface area contributed by atoms with E-state index in [0.717, 1.165) is 47.5 Å². The lowest BCUT2D eigenvalue weighted by Crippen LogP contribution is -2.27. The Kier molecular flexibility index (Phi) is 12.1. The van der Waals surface area contributed by atoms with E-state index in [1.807, 2.05) is 65.2 Å². The molecule has 0 aliphatic carbocycles. The van der Waals surface area contributed by atoms with Gasteiger partial charge in [0.1, 0.15) is 5.01 Å². The lowest BCUT2D eigenvalue weighted by Gasteiger charge is -2.19. The molecule has 0 unspecified atom stereocenters. The Morgan fingerprint density at radius 1 is 0.925 bits per heavy atom. The predicted octanol–water partition coefficient (Wildman–Crippen LogP) is 3.44. The molecule has 0 bridgehead atoms. The average molecular weight is 569 g/mol. The fourth-order valence-corrected chi connectivity index (χ4v) is 4.48. The molecule has 0 spiro atoms. The van der Waals surface area contributed by atoms with Crippen LogP contribution in [0.2, 0.25) is 0 Å². The van der Waals surface area contributed by atoms with Gasteiger partial charge in [-0.1, -0.05) is 35.6 Å². The summed E-state index contributed by atoms with van der Waals surface area (Å²) in [5.41, 5.74) is 2.71. The molecule has 2 aromatic heterocycles. The van der Waals surface area contributed by atoms with Crippen molar-refractivity contribution in [1.82, 2.24) is 30.6 Å². The molecule has 3 N–H and O–H groups in total. The number of aryl methyl sites for hydroxylation is 2. The number of ether oxygens (including phenoxy) is 1. The zero-order valence-corrected chi connectivity index (χ0v) is 24.8. The van der Waals surface area contributed by atoms with Gasteiger partial charge in [-0.3, -0.25) is 14.9 Å². The summed E-state index contributed by atoms with van der Waals surface area (Å²) < 4.78 is 5.68. The summed E-state index contributed by atoms with van der Waals surface area (Å²) in [5.74, 6) is 0.203. The second kappa shape index (κ2) is 15.5. The molecule has 1 aromatic carbocycles. The molecule has 2 heterocycles. The van der Waals surface area contributed by atoms with E-state index in [9.17, 15) is 9.59 Å². The Morgan fingerprint density at radius 3 is 2.42 bits per heavy atom. The quantitative estimate of drug-likeness (QED) is 0.186. The van der Waals surface area contributed by atoms with Gasteiger partial charge >= 0.3 is 0 Å². The number of rotatable bonds is 15. The number of aromatic nitrogens is 4. The summed E-state index contributed by atoms with van der Waals surface area (Å²) in [5, 5.41) is 26.9. The minimum absolute atomic E-state index is 0.121. The highest BCUT2D eigenvalue weighted by Crippen LogP contribution is 2.18. The van der Waals surface area contributed by atoms with E-state index >= 15 is 0 Å². The van der Waals surface area contributed by atoms with E-state index in [2.05, 4.69) is 36.3 Å². The fraction of sp³-hybridized carbons (Fsp3) is 0.500. The normalized spacial score (nSPS) is 11.6. The Labute approximate surface area is 240 Å². The van der Waals surface area contributed by atoms with Crippen LogP contribution in [0.15, 0.2) is 36.4 Å². The molecule has 0 fully saturated rings. The first-order valence-electron chi connectivity index (χ1n) is 13.4. The zero-order chi connectivity index (χ0) is 29.0. The van der Waals surface area contributed by atoms with Gasteiger partial charge in [-0.15, -0.1) is 15.3 Å². The van der Waals surface area contributed by atoms with Gasteiger partial charge in [0.05, 0.1) is 31.0 Å². The average Bonchev–Trinajstić information content (AvgIpc) is 3.31. The Morgan fingerprint density at radius 2 is 1.70 bits per heavy atom. The molecule has 12 heteroatoms. The SMILES string of the molecule is CN(C)CC(=O)Nc1ccc(CCCCc2nnc(NC(=O)Cc3cccc(CNCOC(C)(C)C)c3)s2)nn1. The van der Waals surface area contributed by atoms with Crippen LogP contribution in [0.25, 0.3) is 0 Å². The molecule has 216 valence electrons. The van der Waals surface area contributed by atoms with Crippen molar-refractivity contribution < 1.29 is 14.3 Å². The highest BCUT2D eigenvalue weighted by molar-refractivity contribution is 7.15. The fourth-order valence-electron chi connectivity index (χ4n) is 3.68. The van der Waals surface area contributed by atoms with Crippen molar-refractivity contribution in [2.24, 2.45) is 0 Å². The predicted molar refractivity (Wildman–Crippen MR) is 157 cm³/mol. The van der Waals surface area contributed by atoms with Crippen molar-refractivity contribution in [1.29, 1.82) is 0 Å².